The van der Waals surface area contributed by atoms with E-state index in [4.69, 9.17) is 9.84 Å². The summed E-state index contributed by atoms with van der Waals surface area (Å²) in [7, 11) is 0. The summed E-state index contributed by atoms with van der Waals surface area (Å²) in [5.41, 5.74) is 0.928. The molecular formula is C16H25NO3. The fourth-order valence-corrected chi connectivity index (χ4v) is 1.54. The molecule has 0 radical (unpaired) electrons. The molecule has 1 amide bonds. The normalized spacial score (nSPS) is 11.2. The summed E-state index contributed by atoms with van der Waals surface area (Å²) in [6.45, 7) is 6.92. The van der Waals surface area contributed by atoms with E-state index >= 15 is 0 Å². The third-order valence-electron chi connectivity index (χ3n) is 3.03. The Hall–Kier alpha value is -1.55. The quantitative estimate of drug-likeness (QED) is 0.718. The predicted octanol–water partition coefficient (Wildman–Crippen LogP) is 2.29. The highest BCUT2D eigenvalue weighted by atomic mass is 16.5. The molecule has 0 bridgehead atoms. The SMILES string of the molecule is Cc1ccc(OCCCC(=O)NCC(C)(C)CO)cc1. The molecule has 0 aliphatic heterocycles. The zero-order valence-electron chi connectivity index (χ0n) is 12.6. The number of rotatable bonds is 8. The molecule has 1 rings (SSSR count). The van der Waals surface area contributed by atoms with E-state index in [1.807, 2.05) is 45.0 Å². The van der Waals surface area contributed by atoms with Crippen LogP contribution in [-0.4, -0.2) is 30.8 Å². The Morgan fingerprint density at radius 3 is 2.55 bits per heavy atom. The number of amides is 1. The van der Waals surface area contributed by atoms with Gasteiger partial charge >= 0.3 is 0 Å². The molecule has 4 nitrogen and oxygen atoms in total. The van der Waals surface area contributed by atoms with Gasteiger partial charge < -0.3 is 15.2 Å². The molecule has 20 heavy (non-hydrogen) atoms. The summed E-state index contributed by atoms with van der Waals surface area (Å²) in [6, 6.07) is 7.86. The minimum atomic E-state index is -0.270. The summed E-state index contributed by atoms with van der Waals surface area (Å²) in [6.07, 6.45) is 1.12. The van der Waals surface area contributed by atoms with Crippen LogP contribution in [0, 0.1) is 12.3 Å². The van der Waals surface area contributed by atoms with E-state index in [1.54, 1.807) is 0 Å². The van der Waals surface area contributed by atoms with Gasteiger partial charge in [-0.05, 0) is 25.5 Å². The van der Waals surface area contributed by atoms with Crippen molar-refractivity contribution in [2.75, 3.05) is 19.8 Å². The summed E-state index contributed by atoms with van der Waals surface area (Å²) >= 11 is 0. The van der Waals surface area contributed by atoms with Crippen LogP contribution in [0.25, 0.3) is 0 Å². The van der Waals surface area contributed by atoms with E-state index in [0.717, 1.165) is 5.75 Å². The molecule has 0 fully saturated rings. The first-order valence-corrected chi connectivity index (χ1v) is 7.00. The van der Waals surface area contributed by atoms with Gasteiger partial charge in [-0.3, -0.25) is 4.79 Å². The molecule has 0 aliphatic rings. The third kappa shape index (κ3) is 6.57. The van der Waals surface area contributed by atoms with Crippen LogP contribution in [0.4, 0.5) is 0 Å². The third-order valence-corrected chi connectivity index (χ3v) is 3.03. The number of benzene rings is 1. The lowest BCUT2D eigenvalue weighted by molar-refractivity contribution is -0.121. The lowest BCUT2D eigenvalue weighted by Gasteiger charge is -2.21. The second-order valence-electron chi connectivity index (χ2n) is 5.86. The fraction of sp³-hybridized carbons (Fsp3) is 0.562. The Bertz CT molecular complexity index is 412. The van der Waals surface area contributed by atoms with Crippen LogP contribution in [0.5, 0.6) is 5.75 Å². The smallest absolute Gasteiger partial charge is 0.220 e. The molecule has 0 heterocycles. The molecule has 0 aliphatic carbocycles. The van der Waals surface area contributed by atoms with Gasteiger partial charge in [0, 0.05) is 25.0 Å². The highest BCUT2D eigenvalue weighted by molar-refractivity contribution is 5.75. The van der Waals surface area contributed by atoms with E-state index in [0.29, 0.717) is 26.0 Å². The van der Waals surface area contributed by atoms with E-state index < -0.39 is 0 Å². The van der Waals surface area contributed by atoms with Crippen molar-refractivity contribution >= 4 is 5.91 Å². The summed E-state index contributed by atoms with van der Waals surface area (Å²) < 4.78 is 5.56. The highest BCUT2D eigenvalue weighted by Gasteiger charge is 2.17. The van der Waals surface area contributed by atoms with Crippen LogP contribution in [0.15, 0.2) is 24.3 Å². The van der Waals surface area contributed by atoms with E-state index in [2.05, 4.69) is 5.32 Å². The van der Waals surface area contributed by atoms with E-state index in [1.165, 1.54) is 5.56 Å². The van der Waals surface area contributed by atoms with Crippen molar-refractivity contribution in [2.45, 2.75) is 33.6 Å². The first-order chi connectivity index (χ1) is 9.43. The number of aliphatic hydroxyl groups is 1. The van der Waals surface area contributed by atoms with Gasteiger partial charge in [-0.1, -0.05) is 31.5 Å². The average molecular weight is 279 g/mol. The largest absolute Gasteiger partial charge is 0.494 e. The van der Waals surface area contributed by atoms with Gasteiger partial charge in [0.1, 0.15) is 5.75 Å². The minimum Gasteiger partial charge on any atom is -0.494 e. The van der Waals surface area contributed by atoms with Crippen LogP contribution in [0.2, 0.25) is 0 Å². The molecule has 2 N–H and O–H groups in total. The summed E-state index contributed by atoms with van der Waals surface area (Å²) in [4.78, 5) is 11.6. The number of carbonyl (C=O) groups excluding carboxylic acids is 1. The minimum absolute atomic E-state index is 0.000897. The van der Waals surface area contributed by atoms with E-state index in [9.17, 15) is 4.79 Å². The number of aliphatic hydroxyl groups excluding tert-OH is 1. The number of carbonyl (C=O) groups is 1. The van der Waals surface area contributed by atoms with Gasteiger partial charge in [0.15, 0.2) is 0 Å². The van der Waals surface area contributed by atoms with Crippen LogP contribution < -0.4 is 10.1 Å². The highest BCUT2D eigenvalue weighted by Crippen LogP contribution is 2.12. The molecule has 0 atom stereocenters. The average Bonchev–Trinajstić information content (AvgIpc) is 2.43. The molecule has 0 spiro atoms. The van der Waals surface area contributed by atoms with Crippen molar-refractivity contribution in [1.82, 2.24) is 5.32 Å². The number of hydrogen-bond acceptors (Lipinski definition) is 3. The predicted molar refractivity (Wildman–Crippen MR) is 79.8 cm³/mol. The molecule has 112 valence electrons. The lowest BCUT2D eigenvalue weighted by atomic mass is 9.95. The lowest BCUT2D eigenvalue weighted by Crippen LogP contribution is -2.36. The maximum absolute atomic E-state index is 11.6. The molecule has 0 unspecified atom stereocenters. The molecule has 1 aromatic rings. The summed E-state index contributed by atoms with van der Waals surface area (Å²) in [5.74, 6) is 0.830. The number of aryl methyl sites for hydroxylation is 1. The maximum Gasteiger partial charge on any atom is 0.220 e. The maximum atomic E-state index is 11.6. The Morgan fingerprint density at radius 1 is 1.30 bits per heavy atom. The standard InChI is InChI=1S/C16H25NO3/c1-13-6-8-14(9-7-13)20-10-4-5-15(19)17-11-16(2,3)12-18/h6-9,18H,4-5,10-12H2,1-3H3,(H,17,19). The zero-order chi connectivity index (χ0) is 15.0. The van der Waals surface area contributed by atoms with Crippen molar-refractivity contribution in [1.29, 1.82) is 0 Å². The van der Waals surface area contributed by atoms with Crippen LogP contribution in [0.3, 0.4) is 0 Å². The topological polar surface area (TPSA) is 58.6 Å². The molecule has 1 aromatic carbocycles. The number of hydrogen-bond donors (Lipinski definition) is 2. The fourth-order valence-electron chi connectivity index (χ4n) is 1.54. The monoisotopic (exact) mass is 279 g/mol. The Balaban J connectivity index is 2.14. The van der Waals surface area contributed by atoms with Crippen LogP contribution >= 0.6 is 0 Å². The zero-order valence-corrected chi connectivity index (χ0v) is 12.6. The van der Waals surface area contributed by atoms with Crippen molar-refractivity contribution in [3.05, 3.63) is 29.8 Å². The van der Waals surface area contributed by atoms with Gasteiger partial charge in [0.25, 0.3) is 0 Å². The molecule has 0 saturated carbocycles. The molecular weight excluding hydrogens is 254 g/mol. The molecule has 0 saturated heterocycles. The second-order valence-corrected chi connectivity index (χ2v) is 5.86. The summed E-state index contributed by atoms with van der Waals surface area (Å²) in [5, 5.41) is 11.9. The van der Waals surface area contributed by atoms with Crippen LogP contribution in [-0.2, 0) is 4.79 Å². The van der Waals surface area contributed by atoms with Crippen molar-refractivity contribution in [3.63, 3.8) is 0 Å². The Labute approximate surface area is 121 Å². The molecule has 4 heteroatoms. The Morgan fingerprint density at radius 2 is 1.95 bits per heavy atom. The number of ether oxygens (including phenoxy) is 1. The van der Waals surface area contributed by atoms with Gasteiger partial charge in [0.05, 0.1) is 6.61 Å². The van der Waals surface area contributed by atoms with Crippen molar-refractivity contribution in [3.8, 4) is 5.75 Å². The van der Waals surface area contributed by atoms with Crippen LogP contribution in [0.1, 0.15) is 32.3 Å². The second kappa shape index (κ2) is 7.90. The first-order valence-electron chi connectivity index (χ1n) is 7.00. The van der Waals surface area contributed by atoms with Gasteiger partial charge in [-0.15, -0.1) is 0 Å². The van der Waals surface area contributed by atoms with Crippen molar-refractivity contribution < 1.29 is 14.6 Å². The van der Waals surface area contributed by atoms with Gasteiger partial charge in [-0.2, -0.15) is 0 Å². The van der Waals surface area contributed by atoms with Crippen molar-refractivity contribution in [2.24, 2.45) is 5.41 Å². The Kier molecular flexibility index (Phi) is 6.52. The van der Waals surface area contributed by atoms with Gasteiger partial charge in [0.2, 0.25) is 5.91 Å². The molecule has 0 aromatic heterocycles. The first kappa shape index (κ1) is 16.5. The number of nitrogens with one attached hydrogen (secondary N) is 1. The van der Waals surface area contributed by atoms with Gasteiger partial charge in [-0.25, -0.2) is 0 Å². The van der Waals surface area contributed by atoms with E-state index in [-0.39, 0.29) is 17.9 Å².